The molecule has 0 aliphatic rings. The Bertz CT molecular complexity index is 279. The molecule has 11 heavy (non-hydrogen) atoms. The van der Waals surface area contributed by atoms with Crippen LogP contribution in [0.5, 0.6) is 0 Å². The van der Waals surface area contributed by atoms with Gasteiger partial charge in [0, 0.05) is 0 Å². The molecule has 0 aromatic heterocycles. The van der Waals surface area contributed by atoms with Crippen molar-refractivity contribution in [1.29, 1.82) is 0 Å². The third-order valence-electron chi connectivity index (χ3n) is 1.06. The van der Waals surface area contributed by atoms with E-state index in [-0.39, 0.29) is 5.69 Å². The summed E-state index contributed by atoms with van der Waals surface area (Å²) < 4.78 is 35.5. The van der Waals surface area contributed by atoms with Gasteiger partial charge in [-0.1, -0.05) is 12.1 Å². The van der Waals surface area contributed by atoms with Gasteiger partial charge in [-0.05, 0) is 12.1 Å². The maximum atomic E-state index is 12.5. The molecule has 0 atom stereocenters. The molecule has 0 N–H and O–H groups in total. The molecule has 0 aliphatic heterocycles. The number of benzene rings is 1. The van der Waals surface area contributed by atoms with Crippen molar-refractivity contribution in [2.45, 2.75) is 0 Å². The lowest BCUT2D eigenvalue weighted by Gasteiger charge is -1.91. The fourth-order valence-electron chi connectivity index (χ4n) is 0.633. The Kier molecular flexibility index (Phi) is 2.25. The Morgan fingerprint density at radius 2 is 1.82 bits per heavy atom. The zero-order valence-corrected chi connectivity index (χ0v) is 5.39. The predicted octanol–water partition coefficient (Wildman–Crippen LogP) is 2.75. The smallest absolute Gasteiger partial charge is 0.205 e. The van der Waals surface area contributed by atoms with Gasteiger partial charge in [-0.25, -0.2) is 4.39 Å². The highest BCUT2D eigenvalue weighted by atomic mass is 19.3. The molecule has 0 spiro atoms. The highest BCUT2D eigenvalue weighted by Crippen LogP contribution is 2.16. The molecule has 0 saturated heterocycles. The molecule has 58 valence electrons. The first-order valence-electron chi connectivity index (χ1n) is 2.84. The summed E-state index contributed by atoms with van der Waals surface area (Å²) >= 11 is 0. The fourth-order valence-corrected chi connectivity index (χ4v) is 0.633. The zero-order valence-electron chi connectivity index (χ0n) is 5.39. The van der Waals surface area contributed by atoms with Gasteiger partial charge in [0.15, 0.2) is 0 Å². The van der Waals surface area contributed by atoms with E-state index in [1.807, 2.05) is 0 Å². The van der Waals surface area contributed by atoms with E-state index in [2.05, 4.69) is 4.99 Å². The van der Waals surface area contributed by atoms with Crippen LogP contribution < -0.4 is 0 Å². The second-order valence-electron chi connectivity index (χ2n) is 1.80. The van der Waals surface area contributed by atoms with Crippen LogP contribution in [0.3, 0.4) is 0 Å². The second kappa shape index (κ2) is 3.18. The van der Waals surface area contributed by atoms with Gasteiger partial charge in [-0.15, -0.1) is 0 Å². The average molecular weight is 159 g/mol. The number of halogens is 3. The molecule has 1 nitrogen and oxygen atoms in total. The Labute approximate surface area is 61.2 Å². The molecule has 0 fully saturated rings. The van der Waals surface area contributed by atoms with Crippen LogP contribution in [-0.2, 0) is 0 Å². The van der Waals surface area contributed by atoms with Crippen molar-refractivity contribution >= 4 is 11.9 Å². The first-order valence-corrected chi connectivity index (χ1v) is 2.84. The fraction of sp³-hybridized carbons (Fsp3) is 0. The molecule has 4 heteroatoms. The van der Waals surface area contributed by atoms with Crippen molar-refractivity contribution in [3.63, 3.8) is 0 Å². The number of hydrogen-bond acceptors (Lipinski definition) is 1. The molecule has 0 radical (unpaired) electrons. The molecule has 1 aromatic rings. The van der Waals surface area contributed by atoms with Crippen LogP contribution in [0.25, 0.3) is 0 Å². The topological polar surface area (TPSA) is 12.4 Å². The zero-order chi connectivity index (χ0) is 8.27. The molecular formula is C7H4F3N. The molecule has 0 bridgehead atoms. The lowest BCUT2D eigenvalue weighted by Crippen LogP contribution is -1.77. The lowest BCUT2D eigenvalue weighted by molar-refractivity contribution is 0.605. The summed E-state index contributed by atoms with van der Waals surface area (Å²) in [6, 6.07) is 5.09. The minimum atomic E-state index is -2.14. The number of para-hydroxylation sites is 1. The predicted molar refractivity (Wildman–Crippen MR) is 35.7 cm³/mol. The number of rotatable bonds is 1. The van der Waals surface area contributed by atoms with Gasteiger partial charge < -0.3 is 0 Å². The molecule has 1 rings (SSSR count). The van der Waals surface area contributed by atoms with Gasteiger partial charge in [-0.3, -0.25) is 0 Å². The van der Waals surface area contributed by atoms with Crippen molar-refractivity contribution in [3.05, 3.63) is 30.1 Å². The molecule has 0 saturated carbocycles. The van der Waals surface area contributed by atoms with Crippen molar-refractivity contribution in [2.75, 3.05) is 0 Å². The van der Waals surface area contributed by atoms with Crippen LogP contribution in [0.4, 0.5) is 18.9 Å². The van der Waals surface area contributed by atoms with Crippen LogP contribution in [-0.4, -0.2) is 6.22 Å². The highest BCUT2D eigenvalue weighted by molar-refractivity contribution is 5.68. The summed E-state index contributed by atoms with van der Waals surface area (Å²) in [6.07, 6.45) is -2.14. The molecule has 1 aromatic carbocycles. The van der Waals surface area contributed by atoms with E-state index < -0.39 is 12.0 Å². The van der Waals surface area contributed by atoms with Crippen LogP contribution in [0.2, 0.25) is 0 Å². The summed E-state index contributed by atoms with van der Waals surface area (Å²) in [4.78, 5) is 2.67. The van der Waals surface area contributed by atoms with Gasteiger partial charge in [0.05, 0.1) is 0 Å². The van der Waals surface area contributed by atoms with Gasteiger partial charge in [0.1, 0.15) is 11.5 Å². The molecule has 0 aliphatic carbocycles. The lowest BCUT2D eigenvalue weighted by atomic mass is 10.3. The SMILES string of the molecule is FC(F)=Nc1ccccc1F. The summed E-state index contributed by atoms with van der Waals surface area (Å²) in [5, 5.41) is 0. The van der Waals surface area contributed by atoms with Crippen LogP contribution in [0.15, 0.2) is 29.3 Å². The number of hydrogen-bond donors (Lipinski definition) is 0. The van der Waals surface area contributed by atoms with Gasteiger partial charge in [0.2, 0.25) is 0 Å². The minimum Gasteiger partial charge on any atom is -0.205 e. The standard InChI is InChI=1S/C7H4F3N/c8-5-3-1-2-4-6(5)11-7(9)10/h1-4H. The van der Waals surface area contributed by atoms with E-state index in [1.165, 1.54) is 18.2 Å². The molecular weight excluding hydrogens is 155 g/mol. The third-order valence-corrected chi connectivity index (χ3v) is 1.06. The molecule has 0 amide bonds. The summed E-state index contributed by atoms with van der Waals surface area (Å²) in [5.74, 6) is -0.750. The van der Waals surface area contributed by atoms with E-state index in [0.29, 0.717) is 0 Å². The number of nitrogens with zero attached hydrogens (tertiary/aromatic N) is 1. The van der Waals surface area contributed by atoms with E-state index in [4.69, 9.17) is 0 Å². The van der Waals surface area contributed by atoms with E-state index in [9.17, 15) is 13.2 Å². The molecule has 0 unspecified atom stereocenters. The van der Waals surface area contributed by atoms with Crippen molar-refractivity contribution < 1.29 is 13.2 Å². The maximum Gasteiger partial charge on any atom is 0.365 e. The van der Waals surface area contributed by atoms with Crippen LogP contribution in [0, 0.1) is 5.82 Å². The average Bonchev–Trinajstić information content (AvgIpc) is 1.93. The normalized spacial score (nSPS) is 9.36. The van der Waals surface area contributed by atoms with E-state index >= 15 is 0 Å². The van der Waals surface area contributed by atoms with E-state index in [0.717, 1.165) is 6.07 Å². The first kappa shape index (κ1) is 7.78. The second-order valence-corrected chi connectivity index (χ2v) is 1.80. The van der Waals surface area contributed by atoms with Crippen molar-refractivity contribution in [1.82, 2.24) is 0 Å². The summed E-state index contributed by atoms with van der Waals surface area (Å²) in [5.41, 5.74) is -0.340. The Morgan fingerprint density at radius 3 is 2.36 bits per heavy atom. The Balaban J connectivity index is 3.04. The monoisotopic (exact) mass is 159 g/mol. The van der Waals surface area contributed by atoms with Crippen molar-refractivity contribution in [3.8, 4) is 0 Å². The van der Waals surface area contributed by atoms with Crippen LogP contribution >= 0.6 is 0 Å². The van der Waals surface area contributed by atoms with Gasteiger partial charge in [0.25, 0.3) is 0 Å². The highest BCUT2D eigenvalue weighted by Gasteiger charge is 1.99. The van der Waals surface area contributed by atoms with Crippen LogP contribution in [0.1, 0.15) is 0 Å². The van der Waals surface area contributed by atoms with E-state index in [1.54, 1.807) is 0 Å². The van der Waals surface area contributed by atoms with Gasteiger partial charge in [-0.2, -0.15) is 13.8 Å². The summed E-state index contributed by atoms with van der Waals surface area (Å²) in [7, 11) is 0. The Morgan fingerprint density at radius 1 is 1.18 bits per heavy atom. The molecule has 0 heterocycles. The summed E-state index contributed by atoms with van der Waals surface area (Å²) in [6.45, 7) is 0. The van der Waals surface area contributed by atoms with Crippen molar-refractivity contribution in [2.24, 2.45) is 4.99 Å². The largest absolute Gasteiger partial charge is 0.365 e. The maximum absolute atomic E-state index is 12.5. The quantitative estimate of drug-likeness (QED) is 0.558. The minimum absolute atomic E-state index is 0.340. The Hall–Kier alpha value is -1.32. The number of aliphatic imine (C=N–C) groups is 1. The third kappa shape index (κ3) is 2.07. The van der Waals surface area contributed by atoms with Gasteiger partial charge >= 0.3 is 6.22 Å². The first-order chi connectivity index (χ1) is 5.20.